The van der Waals surface area contributed by atoms with Gasteiger partial charge in [-0.15, -0.1) is 0 Å². The standard InChI is InChI=1S/C17H20O10/c1-2-24-15-11(19)8-4-3-7(5-9(8)26-16(15)23)25-17-14(22)13(21)12(20)10(6-18)27-17/h3-5,10,12-14,17-22H,2,6H2,1H3/t10-,12+,13+,14-,17-/m1/s1. The second kappa shape index (κ2) is 7.71. The molecular formula is C17H20O10. The Morgan fingerprint density at radius 3 is 2.56 bits per heavy atom. The van der Waals surface area contributed by atoms with Crippen molar-refractivity contribution in [3.63, 3.8) is 0 Å². The van der Waals surface area contributed by atoms with Crippen LogP contribution in [0.2, 0.25) is 0 Å². The highest BCUT2D eigenvalue weighted by Crippen LogP contribution is 2.34. The molecule has 5 atom stereocenters. The van der Waals surface area contributed by atoms with Crippen molar-refractivity contribution in [2.24, 2.45) is 0 Å². The number of hydrogen-bond donors (Lipinski definition) is 5. The summed E-state index contributed by atoms with van der Waals surface area (Å²) in [5, 5.41) is 49.1. The maximum Gasteiger partial charge on any atom is 0.383 e. The topological polar surface area (TPSA) is 159 Å². The van der Waals surface area contributed by atoms with Gasteiger partial charge in [0.15, 0.2) is 5.75 Å². The molecule has 148 valence electrons. The third-order valence-electron chi connectivity index (χ3n) is 4.20. The summed E-state index contributed by atoms with van der Waals surface area (Å²) in [7, 11) is 0. The average Bonchev–Trinajstić information content (AvgIpc) is 2.65. The van der Waals surface area contributed by atoms with Crippen molar-refractivity contribution in [2.45, 2.75) is 37.6 Å². The van der Waals surface area contributed by atoms with Crippen LogP contribution in [0.25, 0.3) is 11.0 Å². The van der Waals surface area contributed by atoms with Crippen LogP contribution in [-0.2, 0) is 4.74 Å². The van der Waals surface area contributed by atoms with Crippen LogP contribution in [0, 0.1) is 0 Å². The van der Waals surface area contributed by atoms with Crippen LogP contribution in [0.1, 0.15) is 6.92 Å². The van der Waals surface area contributed by atoms with E-state index in [1.165, 1.54) is 18.2 Å². The molecule has 2 heterocycles. The van der Waals surface area contributed by atoms with E-state index in [1.54, 1.807) is 6.92 Å². The molecule has 0 aliphatic carbocycles. The van der Waals surface area contributed by atoms with Crippen molar-refractivity contribution in [2.75, 3.05) is 13.2 Å². The highest BCUT2D eigenvalue weighted by molar-refractivity contribution is 5.86. The molecule has 1 fully saturated rings. The number of aromatic hydroxyl groups is 1. The molecule has 0 radical (unpaired) electrons. The molecular weight excluding hydrogens is 364 g/mol. The van der Waals surface area contributed by atoms with E-state index in [0.717, 1.165) is 0 Å². The van der Waals surface area contributed by atoms with Crippen molar-refractivity contribution < 1.29 is 44.2 Å². The first-order valence-electron chi connectivity index (χ1n) is 8.27. The van der Waals surface area contributed by atoms with Gasteiger partial charge in [-0.05, 0) is 19.1 Å². The third-order valence-corrected chi connectivity index (χ3v) is 4.20. The summed E-state index contributed by atoms with van der Waals surface area (Å²) >= 11 is 0. The fourth-order valence-corrected chi connectivity index (χ4v) is 2.79. The summed E-state index contributed by atoms with van der Waals surface area (Å²) in [5.74, 6) is -0.575. The second-order valence-electron chi connectivity index (χ2n) is 5.97. The summed E-state index contributed by atoms with van der Waals surface area (Å²) in [6.45, 7) is 1.23. The SMILES string of the molecule is CCOc1c(O)c2ccc(O[C@@H]3O[C@H](CO)[C@H](O)[C@H](O)[C@H]3O)cc2oc1=O. The molecule has 1 aliphatic rings. The minimum absolute atomic E-state index is 0.00282. The van der Waals surface area contributed by atoms with Gasteiger partial charge in [0.25, 0.3) is 0 Å². The average molecular weight is 384 g/mol. The molecule has 27 heavy (non-hydrogen) atoms. The summed E-state index contributed by atoms with van der Waals surface area (Å²) in [6, 6.07) is 4.11. The molecule has 0 bridgehead atoms. The molecule has 1 aromatic heterocycles. The van der Waals surface area contributed by atoms with Crippen LogP contribution < -0.4 is 15.1 Å². The number of hydrogen-bond acceptors (Lipinski definition) is 10. The van der Waals surface area contributed by atoms with Crippen molar-refractivity contribution >= 4 is 11.0 Å². The lowest BCUT2D eigenvalue weighted by molar-refractivity contribution is -0.277. The first kappa shape index (κ1) is 19.4. The molecule has 5 N–H and O–H groups in total. The van der Waals surface area contributed by atoms with Gasteiger partial charge in [-0.25, -0.2) is 4.79 Å². The summed E-state index contributed by atoms with van der Waals surface area (Å²) in [4.78, 5) is 11.9. The number of aliphatic hydroxyl groups excluding tert-OH is 4. The maximum absolute atomic E-state index is 11.9. The number of ether oxygens (including phenoxy) is 3. The van der Waals surface area contributed by atoms with Gasteiger partial charge in [-0.1, -0.05) is 0 Å². The largest absolute Gasteiger partial charge is 0.504 e. The van der Waals surface area contributed by atoms with E-state index in [9.17, 15) is 30.3 Å². The Hall–Kier alpha value is -2.37. The van der Waals surface area contributed by atoms with Crippen LogP contribution in [0.15, 0.2) is 27.4 Å². The Morgan fingerprint density at radius 2 is 1.89 bits per heavy atom. The summed E-state index contributed by atoms with van der Waals surface area (Å²) < 4.78 is 20.9. The molecule has 10 nitrogen and oxygen atoms in total. The molecule has 10 heteroatoms. The van der Waals surface area contributed by atoms with Gasteiger partial charge in [-0.2, -0.15) is 0 Å². The van der Waals surface area contributed by atoms with Gasteiger partial charge in [0.2, 0.25) is 12.0 Å². The van der Waals surface area contributed by atoms with Crippen LogP contribution >= 0.6 is 0 Å². The Labute approximate surface area is 152 Å². The van der Waals surface area contributed by atoms with E-state index in [1.807, 2.05) is 0 Å². The third kappa shape index (κ3) is 3.57. The molecule has 1 saturated heterocycles. The van der Waals surface area contributed by atoms with E-state index >= 15 is 0 Å². The van der Waals surface area contributed by atoms with Gasteiger partial charge in [-0.3, -0.25) is 0 Å². The Morgan fingerprint density at radius 1 is 1.15 bits per heavy atom. The molecule has 0 spiro atoms. The van der Waals surface area contributed by atoms with E-state index in [0.29, 0.717) is 0 Å². The van der Waals surface area contributed by atoms with Crippen molar-refractivity contribution in [1.82, 2.24) is 0 Å². The number of benzene rings is 1. The summed E-state index contributed by atoms with van der Waals surface area (Å²) in [6.07, 6.45) is -7.18. The molecule has 1 aromatic carbocycles. The predicted molar refractivity (Wildman–Crippen MR) is 89.7 cm³/mol. The molecule has 1 aliphatic heterocycles. The minimum Gasteiger partial charge on any atom is -0.504 e. The second-order valence-corrected chi connectivity index (χ2v) is 5.97. The first-order chi connectivity index (χ1) is 12.9. The molecule has 0 amide bonds. The quantitative estimate of drug-likeness (QED) is 0.408. The van der Waals surface area contributed by atoms with E-state index in [2.05, 4.69) is 0 Å². The zero-order valence-corrected chi connectivity index (χ0v) is 14.3. The van der Waals surface area contributed by atoms with Gasteiger partial charge >= 0.3 is 5.63 Å². The first-order valence-corrected chi connectivity index (χ1v) is 8.27. The highest BCUT2D eigenvalue weighted by Gasteiger charge is 2.44. The number of aliphatic hydroxyl groups is 4. The smallest absolute Gasteiger partial charge is 0.383 e. The molecule has 3 rings (SSSR count). The fraction of sp³-hybridized carbons (Fsp3) is 0.471. The summed E-state index contributed by atoms with van der Waals surface area (Å²) in [5.41, 5.74) is -0.866. The van der Waals surface area contributed by atoms with Gasteiger partial charge < -0.3 is 44.2 Å². The minimum atomic E-state index is -1.59. The molecule has 2 aromatic rings. The fourth-order valence-electron chi connectivity index (χ4n) is 2.79. The monoisotopic (exact) mass is 384 g/mol. The van der Waals surface area contributed by atoms with Crippen molar-refractivity contribution in [1.29, 1.82) is 0 Å². The number of fused-ring (bicyclic) bond motifs is 1. The lowest BCUT2D eigenvalue weighted by atomic mass is 9.99. The molecule has 0 unspecified atom stereocenters. The predicted octanol–water partition coefficient (Wildman–Crippen LogP) is -0.924. The van der Waals surface area contributed by atoms with Crippen LogP contribution in [0.3, 0.4) is 0 Å². The zero-order valence-electron chi connectivity index (χ0n) is 14.3. The zero-order chi connectivity index (χ0) is 19.7. The van der Waals surface area contributed by atoms with Crippen molar-refractivity contribution in [3.05, 3.63) is 28.6 Å². The highest BCUT2D eigenvalue weighted by atomic mass is 16.7. The Bertz CT molecular complexity index is 861. The lowest BCUT2D eigenvalue weighted by Gasteiger charge is -2.39. The van der Waals surface area contributed by atoms with Gasteiger partial charge in [0.1, 0.15) is 35.7 Å². The van der Waals surface area contributed by atoms with E-state index in [-0.39, 0.29) is 34.8 Å². The maximum atomic E-state index is 11.9. The van der Waals surface area contributed by atoms with E-state index < -0.39 is 42.9 Å². The van der Waals surface area contributed by atoms with Gasteiger partial charge in [0.05, 0.1) is 18.6 Å². The van der Waals surface area contributed by atoms with Crippen LogP contribution in [0.4, 0.5) is 0 Å². The Balaban J connectivity index is 1.89. The van der Waals surface area contributed by atoms with Crippen LogP contribution in [0.5, 0.6) is 17.2 Å². The number of rotatable bonds is 5. The molecule has 0 saturated carbocycles. The normalized spacial score (nSPS) is 28.3. The Kier molecular flexibility index (Phi) is 5.53. The lowest BCUT2D eigenvalue weighted by Crippen LogP contribution is -2.60. The van der Waals surface area contributed by atoms with E-state index in [4.69, 9.17) is 18.6 Å². The van der Waals surface area contributed by atoms with Gasteiger partial charge in [0, 0.05) is 6.07 Å². The van der Waals surface area contributed by atoms with Crippen LogP contribution in [-0.4, -0.2) is 69.5 Å². The van der Waals surface area contributed by atoms with Crippen molar-refractivity contribution in [3.8, 4) is 17.2 Å².